The third-order valence-electron chi connectivity index (χ3n) is 9.98. The van der Waals surface area contributed by atoms with E-state index in [-0.39, 0.29) is 27.6 Å². The Labute approximate surface area is 159 Å². The Morgan fingerprint density at radius 1 is 0.885 bits per heavy atom. The molecule has 0 aromatic carbocycles. The minimum absolute atomic E-state index is 0.126. The summed E-state index contributed by atoms with van der Waals surface area (Å²) in [6.45, 7) is 13.5. The van der Waals surface area contributed by atoms with Gasteiger partial charge in [0.2, 0.25) is 0 Å². The number of ketones is 2. The van der Waals surface area contributed by atoms with Crippen LogP contribution in [0.1, 0.15) is 92.9 Å². The van der Waals surface area contributed by atoms with Crippen molar-refractivity contribution in [3.05, 3.63) is 11.1 Å². The van der Waals surface area contributed by atoms with Crippen LogP contribution in [0.3, 0.4) is 0 Å². The summed E-state index contributed by atoms with van der Waals surface area (Å²) in [4.78, 5) is 25.0. The number of hydrogen-bond acceptors (Lipinski definition) is 2. The van der Waals surface area contributed by atoms with E-state index in [4.69, 9.17) is 0 Å². The van der Waals surface area contributed by atoms with Crippen LogP contribution in [0.2, 0.25) is 0 Å². The fourth-order valence-electron chi connectivity index (χ4n) is 8.13. The second kappa shape index (κ2) is 5.32. The Hall–Kier alpha value is -0.920. The van der Waals surface area contributed by atoms with E-state index in [1.807, 2.05) is 0 Å². The highest BCUT2D eigenvalue weighted by Crippen LogP contribution is 2.71. The molecule has 26 heavy (non-hydrogen) atoms. The fraction of sp³-hybridized carbons (Fsp3) is 0.833. The van der Waals surface area contributed by atoms with Gasteiger partial charge in [0.25, 0.3) is 0 Å². The zero-order chi connectivity index (χ0) is 19.1. The largest absolute Gasteiger partial charge is 0.300 e. The SMILES string of the molecule is CC(=O)[C@@H]1CC[C@@]2(C)C3=C(CC[C@]12C)[C@@]1(C)CCC(=O)C(C)(C)[C@@H]1CC3. The van der Waals surface area contributed by atoms with E-state index in [1.54, 1.807) is 18.1 Å². The summed E-state index contributed by atoms with van der Waals surface area (Å²) in [6, 6.07) is 0. The topological polar surface area (TPSA) is 34.1 Å². The van der Waals surface area contributed by atoms with Crippen LogP contribution in [0.25, 0.3) is 0 Å². The molecule has 0 amide bonds. The van der Waals surface area contributed by atoms with Crippen molar-refractivity contribution in [3.8, 4) is 0 Å². The van der Waals surface area contributed by atoms with E-state index in [0.29, 0.717) is 17.5 Å². The van der Waals surface area contributed by atoms with Gasteiger partial charge in [-0.2, -0.15) is 0 Å². The monoisotopic (exact) mass is 356 g/mol. The summed E-state index contributed by atoms with van der Waals surface area (Å²) in [5, 5.41) is 0. The first-order valence-corrected chi connectivity index (χ1v) is 10.8. The predicted molar refractivity (Wildman–Crippen MR) is 105 cm³/mol. The van der Waals surface area contributed by atoms with E-state index in [2.05, 4.69) is 34.6 Å². The molecule has 2 nitrogen and oxygen atoms in total. The van der Waals surface area contributed by atoms with Gasteiger partial charge >= 0.3 is 0 Å². The van der Waals surface area contributed by atoms with Crippen LogP contribution >= 0.6 is 0 Å². The van der Waals surface area contributed by atoms with Crippen molar-refractivity contribution in [1.29, 1.82) is 0 Å². The number of Topliss-reactive ketones (excluding diaryl/α,β-unsaturated/α-hetero) is 2. The molecule has 0 saturated heterocycles. The zero-order valence-corrected chi connectivity index (χ0v) is 17.6. The van der Waals surface area contributed by atoms with Gasteiger partial charge in [-0.05, 0) is 74.0 Å². The normalized spacial score (nSPS) is 47.2. The molecule has 0 bridgehead atoms. The van der Waals surface area contributed by atoms with Crippen molar-refractivity contribution in [2.24, 2.45) is 33.5 Å². The molecule has 0 aromatic heterocycles. The van der Waals surface area contributed by atoms with Crippen LogP contribution in [0.4, 0.5) is 0 Å². The first kappa shape index (κ1) is 18.4. The van der Waals surface area contributed by atoms with Gasteiger partial charge in [-0.1, -0.05) is 45.8 Å². The molecule has 2 fully saturated rings. The Balaban J connectivity index is 1.82. The van der Waals surface area contributed by atoms with Gasteiger partial charge in [0.1, 0.15) is 11.6 Å². The molecule has 0 aliphatic heterocycles. The molecule has 4 aliphatic carbocycles. The van der Waals surface area contributed by atoms with Crippen molar-refractivity contribution in [3.63, 3.8) is 0 Å². The number of rotatable bonds is 1. The summed E-state index contributed by atoms with van der Waals surface area (Å²) in [6.07, 6.45) is 8.56. The van der Waals surface area contributed by atoms with Gasteiger partial charge in [0.15, 0.2) is 0 Å². The average molecular weight is 357 g/mol. The molecule has 0 radical (unpaired) electrons. The first-order valence-electron chi connectivity index (χ1n) is 10.8. The lowest BCUT2D eigenvalue weighted by Gasteiger charge is -2.60. The quantitative estimate of drug-likeness (QED) is 0.549. The molecular formula is C24H36O2. The molecule has 4 rings (SSSR count). The lowest BCUT2D eigenvalue weighted by molar-refractivity contribution is -0.140. The Kier molecular flexibility index (Phi) is 3.78. The van der Waals surface area contributed by atoms with Gasteiger partial charge < -0.3 is 0 Å². The standard InChI is InChI=1S/C24H36O2/c1-15(25)16-9-13-24(6)18-7-8-19-21(2,3)20(26)11-12-22(19,4)17(18)10-14-23(16,24)5/h16,19H,7-14H2,1-6H3/t16-,19-,22+,23+,24-/m0/s1. The van der Waals surface area contributed by atoms with Crippen molar-refractivity contribution in [1.82, 2.24) is 0 Å². The summed E-state index contributed by atoms with van der Waals surface area (Å²) in [5.41, 5.74) is 3.68. The zero-order valence-electron chi connectivity index (χ0n) is 17.6. The summed E-state index contributed by atoms with van der Waals surface area (Å²) < 4.78 is 0. The van der Waals surface area contributed by atoms with Crippen LogP contribution < -0.4 is 0 Å². The maximum Gasteiger partial charge on any atom is 0.138 e. The minimum atomic E-state index is -0.190. The van der Waals surface area contributed by atoms with Crippen LogP contribution in [0, 0.1) is 33.5 Å². The Bertz CT molecular complexity index is 714. The maximum atomic E-state index is 12.6. The highest BCUT2D eigenvalue weighted by Gasteiger charge is 2.63. The molecule has 2 heteroatoms. The fourth-order valence-corrected chi connectivity index (χ4v) is 8.13. The molecular weight excluding hydrogens is 320 g/mol. The maximum absolute atomic E-state index is 12.6. The van der Waals surface area contributed by atoms with Crippen LogP contribution in [0.5, 0.6) is 0 Å². The van der Waals surface area contributed by atoms with E-state index in [0.717, 1.165) is 51.4 Å². The minimum Gasteiger partial charge on any atom is -0.300 e. The summed E-state index contributed by atoms with van der Waals surface area (Å²) in [5.74, 6) is 1.57. The predicted octanol–water partition coefficient (Wildman–Crippen LogP) is 5.89. The van der Waals surface area contributed by atoms with Crippen molar-refractivity contribution in [2.45, 2.75) is 92.9 Å². The van der Waals surface area contributed by atoms with Crippen molar-refractivity contribution >= 4 is 11.6 Å². The van der Waals surface area contributed by atoms with Gasteiger partial charge in [-0.25, -0.2) is 0 Å². The van der Waals surface area contributed by atoms with E-state index in [1.165, 1.54) is 0 Å². The second-order valence-electron chi connectivity index (χ2n) is 11.1. The van der Waals surface area contributed by atoms with Gasteiger partial charge in [-0.15, -0.1) is 0 Å². The van der Waals surface area contributed by atoms with E-state index in [9.17, 15) is 9.59 Å². The molecule has 4 aliphatic rings. The number of fused-ring (bicyclic) bond motifs is 4. The van der Waals surface area contributed by atoms with Crippen LogP contribution in [-0.2, 0) is 9.59 Å². The van der Waals surface area contributed by atoms with Crippen molar-refractivity contribution < 1.29 is 9.59 Å². The smallest absolute Gasteiger partial charge is 0.138 e. The molecule has 0 aromatic rings. The molecule has 144 valence electrons. The molecule has 2 saturated carbocycles. The Morgan fingerprint density at radius 3 is 2.23 bits per heavy atom. The second-order valence-corrected chi connectivity index (χ2v) is 11.1. The highest BCUT2D eigenvalue weighted by molar-refractivity contribution is 5.86. The highest BCUT2D eigenvalue weighted by atomic mass is 16.1. The number of carbonyl (C=O) groups excluding carboxylic acids is 2. The number of allylic oxidation sites excluding steroid dienone is 2. The molecule has 0 N–H and O–H groups in total. The summed E-state index contributed by atoms with van der Waals surface area (Å²) in [7, 11) is 0. The molecule has 0 heterocycles. The van der Waals surface area contributed by atoms with Gasteiger partial charge in [-0.3, -0.25) is 9.59 Å². The van der Waals surface area contributed by atoms with E-state index < -0.39 is 0 Å². The average Bonchev–Trinajstić information content (AvgIpc) is 2.84. The molecule has 0 unspecified atom stereocenters. The van der Waals surface area contributed by atoms with Crippen LogP contribution in [0.15, 0.2) is 11.1 Å². The molecule has 0 spiro atoms. The number of carbonyl (C=O) groups is 2. The lowest BCUT2D eigenvalue weighted by atomic mass is 9.43. The number of hydrogen-bond donors (Lipinski definition) is 0. The lowest BCUT2D eigenvalue weighted by Crippen LogP contribution is -2.53. The van der Waals surface area contributed by atoms with Gasteiger partial charge in [0.05, 0.1) is 0 Å². The first-order chi connectivity index (χ1) is 12.0. The third-order valence-corrected chi connectivity index (χ3v) is 9.98. The Morgan fingerprint density at radius 2 is 1.58 bits per heavy atom. The summed E-state index contributed by atoms with van der Waals surface area (Å²) >= 11 is 0. The van der Waals surface area contributed by atoms with Crippen molar-refractivity contribution in [2.75, 3.05) is 0 Å². The van der Waals surface area contributed by atoms with Gasteiger partial charge in [0, 0.05) is 17.8 Å². The molecule has 5 atom stereocenters. The van der Waals surface area contributed by atoms with Crippen LogP contribution in [-0.4, -0.2) is 11.6 Å². The third kappa shape index (κ3) is 2.00. The van der Waals surface area contributed by atoms with E-state index >= 15 is 0 Å².